The van der Waals surface area contributed by atoms with Crippen LogP contribution in [0, 0.1) is 0 Å². The summed E-state index contributed by atoms with van der Waals surface area (Å²) in [6.07, 6.45) is 5.00. The van der Waals surface area contributed by atoms with Crippen LogP contribution in [0.1, 0.15) is 0 Å². The summed E-state index contributed by atoms with van der Waals surface area (Å²) in [5.74, 6) is 1.07. The van der Waals surface area contributed by atoms with Crippen molar-refractivity contribution < 1.29 is 0 Å². The summed E-state index contributed by atoms with van der Waals surface area (Å²) in [5.41, 5.74) is 0.607. The second-order valence-corrected chi connectivity index (χ2v) is 3.24. The highest BCUT2D eigenvalue weighted by atomic mass is 16.1. The molecule has 16 heavy (non-hydrogen) atoms. The van der Waals surface area contributed by atoms with Crippen LogP contribution in [0.2, 0.25) is 0 Å². The zero-order chi connectivity index (χ0) is 11.0. The molecule has 0 radical (unpaired) electrons. The second-order valence-electron chi connectivity index (χ2n) is 3.24. The van der Waals surface area contributed by atoms with Crippen molar-refractivity contribution in [1.29, 1.82) is 0 Å². The first-order chi connectivity index (χ1) is 7.83. The van der Waals surface area contributed by atoms with E-state index >= 15 is 0 Å². The maximum Gasteiger partial charge on any atom is 0.252 e. The van der Waals surface area contributed by atoms with Gasteiger partial charge in [0.15, 0.2) is 5.82 Å². The van der Waals surface area contributed by atoms with E-state index in [-0.39, 0.29) is 5.56 Å². The van der Waals surface area contributed by atoms with Gasteiger partial charge < -0.3 is 4.98 Å². The molecule has 3 aromatic rings. The Labute approximate surface area is 89.6 Å². The molecule has 0 aliphatic carbocycles. The molecule has 0 aromatic carbocycles. The molecule has 6 nitrogen and oxygen atoms in total. The van der Waals surface area contributed by atoms with Crippen molar-refractivity contribution in [3.63, 3.8) is 0 Å². The summed E-state index contributed by atoms with van der Waals surface area (Å²) < 4.78 is 1.58. The number of hydrogen-bond acceptors (Lipinski definition) is 4. The predicted molar refractivity (Wildman–Crippen MR) is 56.8 cm³/mol. The predicted octanol–water partition coefficient (Wildman–Crippen LogP) is 0.480. The van der Waals surface area contributed by atoms with Gasteiger partial charge in [-0.15, -0.1) is 5.10 Å². The highest BCUT2D eigenvalue weighted by Crippen LogP contribution is 2.11. The monoisotopic (exact) mass is 213 g/mol. The van der Waals surface area contributed by atoms with E-state index in [0.717, 1.165) is 5.56 Å². The van der Waals surface area contributed by atoms with Crippen LogP contribution in [-0.4, -0.2) is 24.6 Å². The number of rotatable bonds is 1. The molecule has 0 saturated heterocycles. The van der Waals surface area contributed by atoms with Crippen LogP contribution in [0.25, 0.3) is 17.2 Å². The highest BCUT2D eigenvalue weighted by Gasteiger charge is 2.05. The van der Waals surface area contributed by atoms with Crippen molar-refractivity contribution in [3.05, 3.63) is 47.1 Å². The minimum absolute atomic E-state index is 0.148. The van der Waals surface area contributed by atoms with Gasteiger partial charge in [0.1, 0.15) is 0 Å². The van der Waals surface area contributed by atoms with Gasteiger partial charge in [0.2, 0.25) is 5.56 Å². The lowest BCUT2D eigenvalue weighted by Gasteiger charge is -1.91. The Morgan fingerprint density at radius 3 is 3.00 bits per heavy atom. The zero-order valence-corrected chi connectivity index (χ0v) is 8.16. The van der Waals surface area contributed by atoms with E-state index in [0.29, 0.717) is 11.6 Å². The third kappa shape index (κ3) is 1.36. The van der Waals surface area contributed by atoms with Crippen molar-refractivity contribution in [2.24, 2.45) is 0 Å². The molecule has 0 atom stereocenters. The molecular weight excluding hydrogens is 206 g/mol. The molecule has 0 spiro atoms. The Morgan fingerprint density at radius 1 is 1.31 bits per heavy atom. The van der Waals surface area contributed by atoms with Crippen LogP contribution in [0.3, 0.4) is 0 Å². The molecule has 0 unspecified atom stereocenters. The van der Waals surface area contributed by atoms with E-state index in [9.17, 15) is 4.79 Å². The Hall–Kier alpha value is -2.50. The lowest BCUT2D eigenvalue weighted by atomic mass is 10.3. The summed E-state index contributed by atoms with van der Waals surface area (Å²) in [6.45, 7) is 0. The second kappa shape index (κ2) is 3.27. The van der Waals surface area contributed by atoms with Gasteiger partial charge in [-0.25, -0.2) is 9.50 Å². The average molecular weight is 213 g/mol. The van der Waals surface area contributed by atoms with E-state index in [4.69, 9.17) is 0 Å². The summed E-state index contributed by atoms with van der Waals surface area (Å²) in [6, 6.07) is 4.89. The SMILES string of the molecule is O=c1ccc(-c2nc3ncccn3n2)c[nH]1. The Balaban J connectivity index is 2.19. The molecule has 0 bridgehead atoms. The number of nitrogens with one attached hydrogen (secondary N) is 1. The molecule has 0 amide bonds. The molecule has 0 saturated carbocycles. The lowest BCUT2D eigenvalue weighted by Crippen LogP contribution is -2.01. The third-order valence-electron chi connectivity index (χ3n) is 2.16. The fourth-order valence-electron chi connectivity index (χ4n) is 1.40. The van der Waals surface area contributed by atoms with Crippen LogP contribution in [-0.2, 0) is 0 Å². The summed E-state index contributed by atoms with van der Waals surface area (Å²) in [4.78, 5) is 21.8. The van der Waals surface area contributed by atoms with Crippen molar-refractivity contribution in [2.75, 3.05) is 0 Å². The average Bonchev–Trinajstić information content (AvgIpc) is 2.73. The maximum absolute atomic E-state index is 10.9. The summed E-state index contributed by atoms with van der Waals surface area (Å²) in [7, 11) is 0. The first-order valence-corrected chi connectivity index (χ1v) is 4.69. The molecule has 78 valence electrons. The third-order valence-corrected chi connectivity index (χ3v) is 2.16. The summed E-state index contributed by atoms with van der Waals surface area (Å²) >= 11 is 0. The van der Waals surface area contributed by atoms with Crippen molar-refractivity contribution in [3.8, 4) is 11.4 Å². The zero-order valence-electron chi connectivity index (χ0n) is 8.16. The molecule has 0 aliphatic heterocycles. The molecule has 3 aromatic heterocycles. The maximum atomic E-state index is 10.9. The van der Waals surface area contributed by atoms with Gasteiger partial charge in [0, 0.05) is 30.2 Å². The number of pyridine rings is 1. The van der Waals surface area contributed by atoms with Gasteiger partial charge in [-0.3, -0.25) is 4.79 Å². The number of aromatic amines is 1. The van der Waals surface area contributed by atoms with E-state index in [1.807, 2.05) is 0 Å². The standard InChI is InChI=1S/C10H7N5O/c16-8-3-2-7(6-12-8)9-13-10-11-4-1-5-15(10)14-9/h1-6H,(H,12,16). The van der Waals surface area contributed by atoms with Crippen LogP contribution >= 0.6 is 0 Å². The van der Waals surface area contributed by atoms with E-state index in [1.54, 1.807) is 35.2 Å². The van der Waals surface area contributed by atoms with Crippen LogP contribution in [0.15, 0.2) is 41.6 Å². The molecule has 3 rings (SSSR count). The number of aromatic nitrogens is 5. The number of H-pyrrole nitrogens is 1. The van der Waals surface area contributed by atoms with E-state index in [1.165, 1.54) is 6.07 Å². The Kier molecular flexibility index (Phi) is 1.79. The largest absolute Gasteiger partial charge is 0.328 e. The van der Waals surface area contributed by atoms with Crippen molar-refractivity contribution in [2.45, 2.75) is 0 Å². The number of fused-ring (bicyclic) bond motifs is 1. The normalized spacial score (nSPS) is 10.8. The molecule has 6 heteroatoms. The molecule has 0 fully saturated rings. The molecule has 3 heterocycles. The van der Waals surface area contributed by atoms with E-state index < -0.39 is 0 Å². The van der Waals surface area contributed by atoms with Crippen molar-refractivity contribution >= 4 is 5.78 Å². The highest BCUT2D eigenvalue weighted by molar-refractivity contribution is 5.54. The Morgan fingerprint density at radius 2 is 2.25 bits per heavy atom. The fraction of sp³-hybridized carbons (Fsp3) is 0. The van der Waals surface area contributed by atoms with Crippen LogP contribution in [0.5, 0.6) is 0 Å². The number of hydrogen-bond donors (Lipinski definition) is 1. The molecule has 0 aliphatic rings. The number of nitrogens with zero attached hydrogens (tertiary/aromatic N) is 4. The molecule has 1 N–H and O–H groups in total. The van der Waals surface area contributed by atoms with Gasteiger partial charge in [-0.1, -0.05) is 0 Å². The van der Waals surface area contributed by atoms with Crippen LogP contribution in [0.4, 0.5) is 0 Å². The first kappa shape index (κ1) is 8.78. The van der Waals surface area contributed by atoms with Crippen LogP contribution < -0.4 is 5.56 Å². The minimum Gasteiger partial charge on any atom is -0.328 e. The first-order valence-electron chi connectivity index (χ1n) is 4.69. The van der Waals surface area contributed by atoms with Gasteiger partial charge in [0.05, 0.1) is 0 Å². The van der Waals surface area contributed by atoms with Gasteiger partial charge >= 0.3 is 0 Å². The smallest absolute Gasteiger partial charge is 0.252 e. The minimum atomic E-state index is -0.148. The van der Waals surface area contributed by atoms with Gasteiger partial charge in [0.25, 0.3) is 5.78 Å². The summed E-state index contributed by atoms with van der Waals surface area (Å²) in [5, 5.41) is 4.23. The molecular formula is C10H7N5O. The fourth-order valence-corrected chi connectivity index (χ4v) is 1.40. The Bertz CT molecular complexity index is 646. The lowest BCUT2D eigenvalue weighted by molar-refractivity contribution is 0.942. The topological polar surface area (TPSA) is 75.9 Å². The van der Waals surface area contributed by atoms with Crippen molar-refractivity contribution in [1.82, 2.24) is 24.6 Å². The van der Waals surface area contributed by atoms with Gasteiger partial charge in [-0.2, -0.15) is 4.98 Å². The quantitative estimate of drug-likeness (QED) is 0.637. The van der Waals surface area contributed by atoms with Gasteiger partial charge in [-0.05, 0) is 12.1 Å². The van der Waals surface area contributed by atoms with E-state index in [2.05, 4.69) is 20.1 Å².